The van der Waals surface area contributed by atoms with Crippen LogP contribution in [0.1, 0.15) is 27.7 Å². The van der Waals surface area contributed by atoms with Crippen LogP contribution in [-0.2, 0) is 28.6 Å². The van der Waals surface area contributed by atoms with Crippen molar-refractivity contribution in [3.05, 3.63) is 12.7 Å². The number of terminal acetylenes is 1. The number of rotatable bonds is 9. The molecule has 0 aliphatic heterocycles. The van der Waals surface area contributed by atoms with Crippen LogP contribution in [0, 0.1) is 29.6 Å². The van der Waals surface area contributed by atoms with E-state index in [2.05, 4.69) is 12.5 Å². The van der Waals surface area contributed by atoms with Crippen LogP contribution in [0.5, 0.6) is 0 Å². The molecule has 0 heterocycles. The summed E-state index contributed by atoms with van der Waals surface area (Å²) in [5.74, 6) is -1.52. The molecule has 0 aromatic heterocycles. The summed E-state index contributed by atoms with van der Waals surface area (Å²) >= 11 is 0. The maximum Gasteiger partial charge on any atom is 0.325 e. The SMILES string of the molecule is C#CC(C)C(C(=O)OCC)(C(=O)OCC)C(C=C)COC(C)=O. The molecule has 6 nitrogen and oxygen atoms in total. The summed E-state index contributed by atoms with van der Waals surface area (Å²) in [5.41, 5.74) is -1.82. The molecule has 0 aliphatic rings. The maximum atomic E-state index is 12.6. The Bertz CT molecular complexity index is 470. The van der Waals surface area contributed by atoms with Gasteiger partial charge in [-0.1, -0.05) is 6.08 Å². The monoisotopic (exact) mass is 324 g/mol. The predicted molar refractivity (Wildman–Crippen MR) is 84.0 cm³/mol. The van der Waals surface area contributed by atoms with Gasteiger partial charge >= 0.3 is 17.9 Å². The van der Waals surface area contributed by atoms with E-state index < -0.39 is 35.2 Å². The molecule has 0 saturated carbocycles. The van der Waals surface area contributed by atoms with Crippen LogP contribution in [0.15, 0.2) is 12.7 Å². The predicted octanol–water partition coefficient (Wildman–Crippen LogP) is 1.73. The Labute approximate surface area is 137 Å². The molecule has 0 N–H and O–H groups in total. The second-order valence-electron chi connectivity index (χ2n) is 4.84. The number of carbonyl (C=O) groups is 3. The van der Waals surface area contributed by atoms with Crippen LogP contribution < -0.4 is 0 Å². The Kier molecular flexibility index (Phi) is 8.71. The van der Waals surface area contributed by atoms with Crippen molar-refractivity contribution in [3.63, 3.8) is 0 Å². The standard InChI is InChI=1S/C17H24O6/c1-7-12(5)17(15(19)21-9-3,16(20)22-10-4)14(8-2)11-23-13(6)18/h1,8,12,14H,2,9-11H2,3-6H3. The van der Waals surface area contributed by atoms with E-state index in [1.54, 1.807) is 13.8 Å². The van der Waals surface area contributed by atoms with Gasteiger partial charge in [0.2, 0.25) is 0 Å². The van der Waals surface area contributed by atoms with Gasteiger partial charge in [-0.2, -0.15) is 0 Å². The molecule has 6 heteroatoms. The minimum atomic E-state index is -1.82. The summed E-state index contributed by atoms with van der Waals surface area (Å²) < 4.78 is 15.1. The van der Waals surface area contributed by atoms with Crippen molar-refractivity contribution >= 4 is 17.9 Å². The zero-order valence-electron chi connectivity index (χ0n) is 14.1. The highest BCUT2D eigenvalue weighted by Gasteiger charge is 2.58. The molecule has 0 amide bonds. The third kappa shape index (κ3) is 4.59. The number of ether oxygens (including phenoxy) is 3. The lowest BCUT2D eigenvalue weighted by molar-refractivity contribution is -0.181. The van der Waals surface area contributed by atoms with Crippen LogP contribution in [0.3, 0.4) is 0 Å². The van der Waals surface area contributed by atoms with Crippen LogP contribution in [0.2, 0.25) is 0 Å². The van der Waals surface area contributed by atoms with Crippen LogP contribution in [-0.4, -0.2) is 37.7 Å². The van der Waals surface area contributed by atoms with Gasteiger partial charge in [-0.05, 0) is 20.8 Å². The number of carbonyl (C=O) groups excluding carboxylic acids is 3. The molecule has 23 heavy (non-hydrogen) atoms. The molecule has 0 aromatic rings. The summed E-state index contributed by atoms with van der Waals surface area (Å²) in [6.45, 7) is 9.52. The van der Waals surface area contributed by atoms with Gasteiger partial charge in [0.15, 0.2) is 5.41 Å². The van der Waals surface area contributed by atoms with Crippen LogP contribution in [0.4, 0.5) is 0 Å². The van der Waals surface area contributed by atoms with Crippen molar-refractivity contribution in [3.8, 4) is 12.3 Å². The molecule has 0 radical (unpaired) electrons. The quantitative estimate of drug-likeness (QED) is 0.211. The second kappa shape index (κ2) is 9.67. The summed E-state index contributed by atoms with van der Waals surface area (Å²) in [6, 6.07) is 0. The summed E-state index contributed by atoms with van der Waals surface area (Å²) in [5, 5.41) is 0. The van der Waals surface area contributed by atoms with Crippen molar-refractivity contribution in [2.45, 2.75) is 27.7 Å². The van der Waals surface area contributed by atoms with Crippen molar-refractivity contribution in [1.82, 2.24) is 0 Å². The smallest absolute Gasteiger partial charge is 0.325 e. The van der Waals surface area contributed by atoms with Gasteiger partial charge in [0.05, 0.1) is 19.8 Å². The maximum absolute atomic E-state index is 12.6. The molecule has 128 valence electrons. The van der Waals surface area contributed by atoms with E-state index in [1.807, 2.05) is 0 Å². The Morgan fingerprint density at radius 3 is 1.96 bits per heavy atom. The lowest BCUT2D eigenvalue weighted by Crippen LogP contribution is -2.53. The summed E-state index contributed by atoms with van der Waals surface area (Å²) in [4.78, 5) is 36.3. The highest BCUT2D eigenvalue weighted by Crippen LogP contribution is 2.40. The van der Waals surface area contributed by atoms with Crippen LogP contribution >= 0.6 is 0 Å². The third-order valence-electron chi connectivity index (χ3n) is 3.49. The van der Waals surface area contributed by atoms with E-state index in [1.165, 1.54) is 19.9 Å². The number of esters is 3. The normalized spacial score (nSPS) is 13.2. The molecule has 0 rings (SSSR count). The third-order valence-corrected chi connectivity index (χ3v) is 3.49. The van der Waals surface area contributed by atoms with Gasteiger partial charge in [-0.15, -0.1) is 18.9 Å². The summed E-state index contributed by atoms with van der Waals surface area (Å²) in [6.07, 6.45) is 6.82. The minimum absolute atomic E-state index is 0.0642. The Balaban J connectivity index is 6.10. The molecule has 0 aliphatic carbocycles. The Morgan fingerprint density at radius 1 is 1.17 bits per heavy atom. The lowest BCUT2D eigenvalue weighted by Gasteiger charge is -2.36. The van der Waals surface area contributed by atoms with Crippen molar-refractivity contribution in [2.24, 2.45) is 17.3 Å². The van der Waals surface area contributed by atoms with Crippen molar-refractivity contribution in [2.75, 3.05) is 19.8 Å². The minimum Gasteiger partial charge on any atom is -0.465 e. The highest BCUT2D eigenvalue weighted by atomic mass is 16.6. The molecule has 0 saturated heterocycles. The van der Waals surface area contributed by atoms with E-state index in [4.69, 9.17) is 20.6 Å². The van der Waals surface area contributed by atoms with E-state index in [0.29, 0.717) is 0 Å². The van der Waals surface area contributed by atoms with Gasteiger partial charge in [-0.25, -0.2) is 0 Å². The summed E-state index contributed by atoms with van der Waals surface area (Å²) in [7, 11) is 0. The first kappa shape index (κ1) is 20.7. The lowest BCUT2D eigenvalue weighted by atomic mass is 9.67. The van der Waals surface area contributed by atoms with Gasteiger partial charge in [0.1, 0.15) is 0 Å². The number of hydrogen-bond acceptors (Lipinski definition) is 6. The second-order valence-corrected chi connectivity index (χ2v) is 4.84. The fourth-order valence-electron chi connectivity index (χ4n) is 2.29. The average molecular weight is 324 g/mol. The fourth-order valence-corrected chi connectivity index (χ4v) is 2.29. The largest absolute Gasteiger partial charge is 0.465 e. The van der Waals surface area contributed by atoms with Gasteiger partial charge in [0, 0.05) is 18.8 Å². The Hall–Kier alpha value is -2.29. The van der Waals surface area contributed by atoms with Crippen LogP contribution in [0.25, 0.3) is 0 Å². The first-order valence-electron chi connectivity index (χ1n) is 7.39. The molecule has 0 aromatic carbocycles. The van der Waals surface area contributed by atoms with Gasteiger partial charge < -0.3 is 14.2 Å². The molecule has 0 bridgehead atoms. The molecular weight excluding hydrogens is 300 g/mol. The van der Waals surface area contributed by atoms with Gasteiger partial charge in [0.25, 0.3) is 0 Å². The first-order valence-corrected chi connectivity index (χ1v) is 7.39. The van der Waals surface area contributed by atoms with Crippen molar-refractivity contribution < 1.29 is 28.6 Å². The van der Waals surface area contributed by atoms with E-state index in [9.17, 15) is 14.4 Å². The van der Waals surface area contributed by atoms with E-state index >= 15 is 0 Å². The van der Waals surface area contributed by atoms with E-state index in [-0.39, 0.29) is 19.8 Å². The average Bonchev–Trinajstić information content (AvgIpc) is 2.50. The topological polar surface area (TPSA) is 78.9 Å². The fraction of sp³-hybridized carbons (Fsp3) is 0.588. The highest BCUT2D eigenvalue weighted by molar-refractivity contribution is 6.01. The van der Waals surface area contributed by atoms with Gasteiger partial charge in [-0.3, -0.25) is 14.4 Å². The first-order chi connectivity index (χ1) is 10.8. The zero-order chi connectivity index (χ0) is 18.0. The van der Waals surface area contributed by atoms with E-state index in [0.717, 1.165) is 0 Å². The molecule has 0 fully saturated rings. The molecule has 2 unspecified atom stereocenters. The molecule has 2 atom stereocenters. The number of hydrogen-bond donors (Lipinski definition) is 0. The zero-order valence-corrected chi connectivity index (χ0v) is 14.1. The molecular formula is C17H24O6. The molecule has 0 spiro atoms. The Morgan fingerprint density at radius 2 is 1.65 bits per heavy atom. The van der Waals surface area contributed by atoms with Crippen molar-refractivity contribution in [1.29, 1.82) is 0 Å².